The van der Waals surface area contributed by atoms with Crippen LogP contribution in [-0.2, 0) is 16.3 Å². The van der Waals surface area contributed by atoms with E-state index in [0.717, 1.165) is 11.3 Å². The molecule has 0 bridgehead atoms. The third kappa shape index (κ3) is 6.55. The first-order valence-electron chi connectivity index (χ1n) is 10.0. The Labute approximate surface area is 183 Å². The number of hydrogen-bond donors (Lipinski definition) is 2. The summed E-state index contributed by atoms with van der Waals surface area (Å²) < 4.78 is 36.3. The van der Waals surface area contributed by atoms with Crippen LogP contribution >= 0.6 is 0 Å². The fraction of sp³-hybridized carbons (Fsp3) is 0.250. The first kappa shape index (κ1) is 22.8. The summed E-state index contributed by atoms with van der Waals surface area (Å²) in [5.41, 5.74) is 1.01. The predicted octanol–water partition coefficient (Wildman–Crippen LogP) is 3.10. The van der Waals surface area contributed by atoms with Gasteiger partial charge in [0.15, 0.2) is 0 Å². The van der Waals surface area contributed by atoms with Crippen LogP contribution in [0.15, 0.2) is 88.7 Å². The number of aliphatic hydroxyl groups is 1. The minimum atomic E-state index is -3.60. The van der Waals surface area contributed by atoms with Crippen molar-refractivity contribution in [3.63, 3.8) is 0 Å². The zero-order chi connectivity index (χ0) is 22.1. The lowest BCUT2D eigenvalue weighted by Crippen LogP contribution is -2.32. The van der Waals surface area contributed by atoms with Crippen molar-refractivity contribution < 1.29 is 23.0 Å². The third-order valence-electron chi connectivity index (χ3n) is 4.74. The van der Waals surface area contributed by atoms with E-state index in [1.807, 2.05) is 42.5 Å². The molecule has 2 N–H and O–H groups in total. The van der Waals surface area contributed by atoms with Gasteiger partial charge in [-0.25, -0.2) is 8.42 Å². The molecule has 1 unspecified atom stereocenters. The summed E-state index contributed by atoms with van der Waals surface area (Å²) in [4.78, 5) is 0.443. The molecule has 7 heteroatoms. The molecule has 0 fully saturated rings. The number of para-hydroxylation sites is 1. The maximum Gasteiger partial charge on any atom is 0.206 e. The number of sulfone groups is 1. The minimum absolute atomic E-state index is 0.202. The van der Waals surface area contributed by atoms with Crippen LogP contribution in [0.3, 0.4) is 0 Å². The van der Waals surface area contributed by atoms with Gasteiger partial charge in [0.25, 0.3) is 0 Å². The summed E-state index contributed by atoms with van der Waals surface area (Å²) in [5.74, 6) is 1.23. The van der Waals surface area contributed by atoms with E-state index in [-0.39, 0.29) is 16.4 Å². The lowest BCUT2D eigenvalue weighted by molar-refractivity contribution is 0.106. The SMILES string of the molecule is COc1cccc(S(=O)(=O)c2ccc(CCNCC(O)COc3ccccc3)cc2)c1. The normalized spacial score (nSPS) is 12.3. The largest absolute Gasteiger partial charge is 0.497 e. The van der Waals surface area contributed by atoms with E-state index >= 15 is 0 Å². The molecule has 1 atom stereocenters. The summed E-state index contributed by atoms with van der Waals surface area (Å²) in [6.07, 6.45) is 0.0988. The molecular weight excluding hydrogens is 414 g/mol. The Morgan fingerprint density at radius 3 is 2.32 bits per heavy atom. The average Bonchev–Trinajstić information content (AvgIpc) is 2.81. The Bertz CT molecular complexity index is 1050. The molecule has 0 aliphatic carbocycles. The van der Waals surface area contributed by atoms with Crippen molar-refractivity contribution >= 4 is 9.84 Å². The third-order valence-corrected chi connectivity index (χ3v) is 6.51. The van der Waals surface area contributed by atoms with Gasteiger partial charge >= 0.3 is 0 Å². The van der Waals surface area contributed by atoms with Gasteiger partial charge in [0.2, 0.25) is 9.84 Å². The van der Waals surface area contributed by atoms with Gasteiger partial charge in [-0.3, -0.25) is 0 Å². The first-order valence-corrected chi connectivity index (χ1v) is 11.5. The quantitative estimate of drug-likeness (QED) is 0.445. The Balaban J connectivity index is 1.46. The highest BCUT2D eigenvalue weighted by Gasteiger charge is 2.18. The van der Waals surface area contributed by atoms with Crippen LogP contribution in [0.4, 0.5) is 0 Å². The van der Waals surface area contributed by atoms with Crippen molar-refractivity contribution in [3.8, 4) is 11.5 Å². The zero-order valence-corrected chi connectivity index (χ0v) is 18.2. The zero-order valence-electron chi connectivity index (χ0n) is 17.4. The molecule has 0 aliphatic rings. The fourth-order valence-corrected chi connectivity index (χ4v) is 4.30. The average molecular weight is 442 g/mol. The highest BCUT2D eigenvalue weighted by atomic mass is 32.2. The van der Waals surface area contributed by atoms with E-state index in [4.69, 9.17) is 9.47 Å². The van der Waals surface area contributed by atoms with Crippen molar-refractivity contribution in [1.82, 2.24) is 5.32 Å². The Morgan fingerprint density at radius 2 is 1.61 bits per heavy atom. The lowest BCUT2D eigenvalue weighted by atomic mass is 10.1. The molecule has 0 amide bonds. The van der Waals surface area contributed by atoms with Gasteiger partial charge in [-0.05, 0) is 61.0 Å². The van der Waals surface area contributed by atoms with E-state index in [0.29, 0.717) is 25.3 Å². The van der Waals surface area contributed by atoms with E-state index < -0.39 is 15.9 Å². The molecule has 0 spiro atoms. The molecule has 31 heavy (non-hydrogen) atoms. The highest BCUT2D eigenvalue weighted by molar-refractivity contribution is 7.91. The van der Waals surface area contributed by atoms with Gasteiger partial charge in [-0.15, -0.1) is 0 Å². The molecule has 164 valence electrons. The number of nitrogens with one attached hydrogen (secondary N) is 1. The maximum absolute atomic E-state index is 12.8. The van der Waals surface area contributed by atoms with Gasteiger partial charge in [0.1, 0.15) is 24.2 Å². The Morgan fingerprint density at radius 1 is 0.903 bits per heavy atom. The number of rotatable bonds is 11. The molecule has 0 saturated heterocycles. The molecule has 3 aromatic rings. The van der Waals surface area contributed by atoms with Crippen LogP contribution in [0, 0.1) is 0 Å². The first-order chi connectivity index (χ1) is 15.0. The van der Waals surface area contributed by atoms with Gasteiger partial charge in [-0.2, -0.15) is 0 Å². The van der Waals surface area contributed by atoms with Crippen LogP contribution in [0.25, 0.3) is 0 Å². The van der Waals surface area contributed by atoms with Crippen molar-refractivity contribution in [3.05, 3.63) is 84.4 Å². The van der Waals surface area contributed by atoms with Crippen molar-refractivity contribution in [2.75, 3.05) is 26.8 Å². The second kappa shape index (κ2) is 10.9. The predicted molar refractivity (Wildman–Crippen MR) is 119 cm³/mol. The monoisotopic (exact) mass is 441 g/mol. The fourth-order valence-electron chi connectivity index (χ4n) is 3.01. The number of ether oxygens (including phenoxy) is 2. The van der Waals surface area contributed by atoms with Crippen LogP contribution < -0.4 is 14.8 Å². The molecule has 3 aromatic carbocycles. The van der Waals surface area contributed by atoms with Gasteiger partial charge in [0, 0.05) is 6.54 Å². The molecule has 0 radical (unpaired) electrons. The number of methoxy groups -OCH3 is 1. The minimum Gasteiger partial charge on any atom is -0.497 e. The summed E-state index contributed by atoms with van der Waals surface area (Å²) in [5, 5.41) is 13.2. The molecule has 0 heterocycles. The standard InChI is InChI=1S/C24H27NO5S/c1-29-22-8-5-9-24(16-22)31(27,28)23-12-10-19(11-13-23)14-15-25-17-20(26)18-30-21-6-3-2-4-7-21/h2-13,16,20,25-26H,14-15,17-18H2,1H3. The summed E-state index contributed by atoms with van der Waals surface area (Å²) in [6, 6.07) is 22.7. The number of benzene rings is 3. The van der Waals surface area contributed by atoms with E-state index in [1.165, 1.54) is 13.2 Å². The maximum atomic E-state index is 12.8. The molecular formula is C24H27NO5S. The van der Waals surface area contributed by atoms with Crippen molar-refractivity contribution in [2.24, 2.45) is 0 Å². The number of aliphatic hydroxyl groups excluding tert-OH is 1. The Hall–Kier alpha value is -2.87. The summed E-state index contributed by atoms with van der Waals surface area (Å²) in [6.45, 7) is 1.29. The molecule has 0 saturated carbocycles. The molecule has 3 rings (SSSR count). The smallest absolute Gasteiger partial charge is 0.206 e. The van der Waals surface area contributed by atoms with Gasteiger partial charge in [-0.1, -0.05) is 36.4 Å². The van der Waals surface area contributed by atoms with Crippen LogP contribution in [0.1, 0.15) is 5.56 Å². The second-order valence-corrected chi connectivity index (χ2v) is 9.01. The van der Waals surface area contributed by atoms with E-state index in [9.17, 15) is 13.5 Å². The summed E-state index contributed by atoms with van der Waals surface area (Å²) >= 11 is 0. The van der Waals surface area contributed by atoms with Crippen LogP contribution in [0.5, 0.6) is 11.5 Å². The topological polar surface area (TPSA) is 84.9 Å². The van der Waals surface area contributed by atoms with Crippen molar-refractivity contribution in [2.45, 2.75) is 22.3 Å². The number of hydrogen-bond acceptors (Lipinski definition) is 6. The lowest BCUT2D eigenvalue weighted by Gasteiger charge is -2.13. The van der Waals surface area contributed by atoms with E-state index in [2.05, 4.69) is 5.32 Å². The van der Waals surface area contributed by atoms with Crippen molar-refractivity contribution in [1.29, 1.82) is 0 Å². The molecule has 0 aromatic heterocycles. The second-order valence-electron chi connectivity index (χ2n) is 7.06. The van der Waals surface area contributed by atoms with E-state index in [1.54, 1.807) is 30.3 Å². The molecule has 0 aliphatic heterocycles. The van der Waals surface area contributed by atoms with Crippen LogP contribution in [-0.4, -0.2) is 46.4 Å². The van der Waals surface area contributed by atoms with Gasteiger partial charge < -0.3 is 19.9 Å². The van der Waals surface area contributed by atoms with Gasteiger partial charge in [0.05, 0.1) is 16.9 Å². The molecule has 6 nitrogen and oxygen atoms in total. The Kier molecular flexibility index (Phi) is 8.06. The van der Waals surface area contributed by atoms with Crippen LogP contribution in [0.2, 0.25) is 0 Å². The summed E-state index contributed by atoms with van der Waals surface area (Å²) in [7, 11) is -2.09. The highest BCUT2D eigenvalue weighted by Crippen LogP contribution is 2.24.